The monoisotopic (exact) mass is 230 g/mol. The summed E-state index contributed by atoms with van der Waals surface area (Å²) < 4.78 is 14.1. The first kappa shape index (κ1) is 12.4. The summed E-state index contributed by atoms with van der Waals surface area (Å²) in [4.78, 5) is 22.8. The maximum atomic E-state index is 11.6. The molecule has 0 radical (unpaired) electrons. The van der Waals surface area contributed by atoms with E-state index in [9.17, 15) is 9.59 Å². The summed E-state index contributed by atoms with van der Waals surface area (Å²) in [5.74, 6) is -1.11. The van der Waals surface area contributed by atoms with Crippen LogP contribution in [0.3, 0.4) is 0 Å². The zero-order valence-corrected chi connectivity index (χ0v) is 9.40. The van der Waals surface area contributed by atoms with E-state index in [0.29, 0.717) is 0 Å². The number of nitrogens with zero attached hydrogens (tertiary/aromatic N) is 1. The second kappa shape index (κ2) is 4.93. The van der Waals surface area contributed by atoms with Crippen LogP contribution in [0, 0.1) is 0 Å². The summed E-state index contributed by atoms with van der Waals surface area (Å²) >= 11 is 0. The molecule has 0 aromatic heterocycles. The number of hydrogen-bond donors (Lipinski definition) is 1. The second-order valence-electron chi connectivity index (χ2n) is 3.35. The molecule has 1 heterocycles. The fraction of sp³-hybridized carbons (Fsp3) is 0.667. The molecule has 16 heavy (non-hydrogen) atoms. The normalized spacial score (nSPS) is 23.3. The van der Waals surface area contributed by atoms with Crippen molar-refractivity contribution in [2.45, 2.75) is 12.0 Å². The molecule has 7 nitrogen and oxygen atoms in total. The molecule has 1 N–H and O–H groups in total. The Morgan fingerprint density at radius 1 is 1.38 bits per heavy atom. The molecule has 0 amide bonds. The Hall–Kier alpha value is -1.63. The van der Waals surface area contributed by atoms with Crippen LogP contribution in [0.1, 0.15) is 6.42 Å². The van der Waals surface area contributed by atoms with Gasteiger partial charge >= 0.3 is 11.9 Å². The molecule has 7 heteroatoms. The summed E-state index contributed by atoms with van der Waals surface area (Å²) in [5.41, 5.74) is 1.59. The van der Waals surface area contributed by atoms with Crippen molar-refractivity contribution < 1.29 is 23.8 Å². The summed E-state index contributed by atoms with van der Waals surface area (Å²) in [7, 11) is 3.96. The number of ether oxygens (including phenoxy) is 3. The molecule has 90 valence electrons. The lowest BCUT2D eigenvalue weighted by Crippen LogP contribution is -2.52. The molecule has 1 aliphatic rings. The van der Waals surface area contributed by atoms with Gasteiger partial charge in [0, 0.05) is 13.5 Å². The number of esters is 2. The number of nitrogens with one attached hydrogen (secondary N) is 1. The van der Waals surface area contributed by atoms with Crippen molar-refractivity contribution in [2.75, 3.05) is 27.9 Å². The summed E-state index contributed by atoms with van der Waals surface area (Å²) in [6.07, 6.45) is 0.0835. The SMILES string of the molecule is COC[C@]1(C(=O)OC)CC(C(=O)OC)=NN1. The van der Waals surface area contributed by atoms with Gasteiger partial charge in [-0.1, -0.05) is 0 Å². The minimum atomic E-state index is -1.13. The van der Waals surface area contributed by atoms with Crippen LogP contribution in [0.5, 0.6) is 0 Å². The standard InChI is InChI=1S/C9H14N2O5/c1-14-5-9(8(13)16-3)4-6(10-11-9)7(12)15-2/h11H,4-5H2,1-3H3/t9-/m0/s1. The van der Waals surface area contributed by atoms with Gasteiger partial charge in [-0.2, -0.15) is 5.10 Å². The van der Waals surface area contributed by atoms with Crippen molar-refractivity contribution in [2.24, 2.45) is 5.10 Å². The minimum Gasteiger partial charge on any atom is -0.467 e. The first-order chi connectivity index (χ1) is 7.59. The molecule has 0 unspecified atom stereocenters. The summed E-state index contributed by atoms with van der Waals surface area (Å²) in [6, 6.07) is 0. The Morgan fingerprint density at radius 2 is 2.06 bits per heavy atom. The van der Waals surface area contributed by atoms with Crippen LogP contribution in [-0.2, 0) is 23.8 Å². The Bertz CT molecular complexity index is 328. The molecule has 1 rings (SSSR count). The van der Waals surface area contributed by atoms with Gasteiger partial charge in [0.1, 0.15) is 5.71 Å². The fourth-order valence-electron chi connectivity index (χ4n) is 1.48. The van der Waals surface area contributed by atoms with Crippen LogP contribution < -0.4 is 5.43 Å². The third kappa shape index (κ3) is 2.13. The largest absolute Gasteiger partial charge is 0.467 e. The number of hydrazone groups is 1. The maximum Gasteiger partial charge on any atom is 0.354 e. The van der Waals surface area contributed by atoms with Crippen LogP contribution in [0.2, 0.25) is 0 Å². The number of methoxy groups -OCH3 is 3. The quantitative estimate of drug-likeness (QED) is 0.628. The van der Waals surface area contributed by atoms with Crippen LogP contribution in [0.4, 0.5) is 0 Å². The van der Waals surface area contributed by atoms with E-state index in [0.717, 1.165) is 0 Å². The Morgan fingerprint density at radius 3 is 2.56 bits per heavy atom. The van der Waals surface area contributed by atoms with Gasteiger partial charge < -0.3 is 14.2 Å². The molecule has 0 spiro atoms. The van der Waals surface area contributed by atoms with Crippen LogP contribution in [-0.4, -0.2) is 51.1 Å². The predicted molar refractivity (Wildman–Crippen MR) is 53.8 cm³/mol. The van der Waals surface area contributed by atoms with Gasteiger partial charge in [-0.25, -0.2) is 9.59 Å². The van der Waals surface area contributed by atoms with E-state index in [1.54, 1.807) is 0 Å². The van der Waals surface area contributed by atoms with E-state index in [1.807, 2.05) is 0 Å². The molecule has 0 aromatic carbocycles. The molecule has 0 aliphatic carbocycles. The number of hydrogen-bond acceptors (Lipinski definition) is 7. The molecule has 0 bridgehead atoms. The van der Waals surface area contributed by atoms with Gasteiger partial charge in [0.25, 0.3) is 0 Å². The van der Waals surface area contributed by atoms with Gasteiger partial charge in [-0.15, -0.1) is 0 Å². The number of carbonyl (C=O) groups excluding carboxylic acids is 2. The fourth-order valence-corrected chi connectivity index (χ4v) is 1.48. The average Bonchev–Trinajstić information content (AvgIpc) is 2.73. The first-order valence-electron chi connectivity index (χ1n) is 4.59. The van der Waals surface area contributed by atoms with Crippen LogP contribution >= 0.6 is 0 Å². The van der Waals surface area contributed by atoms with Crippen LogP contribution in [0.25, 0.3) is 0 Å². The molecule has 1 aliphatic heterocycles. The Labute approximate surface area is 92.7 Å². The average molecular weight is 230 g/mol. The van der Waals surface area contributed by atoms with Crippen LogP contribution in [0.15, 0.2) is 5.10 Å². The molecule has 0 fully saturated rings. The smallest absolute Gasteiger partial charge is 0.354 e. The topological polar surface area (TPSA) is 86.2 Å². The minimum absolute atomic E-state index is 0.0592. The summed E-state index contributed by atoms with van der Waals surface area (Å²) in [6.45, 7) is 0.0592. The van der Waals surface area contributed by atoms with Crippen molar-refractivity contribution in [1.29, 1.82) is 0 Å². The first-order valence-corrected chi connectivity index (χ1v) is 4.59. The van der Waals surface area contributed by atoms with E-state index in [-0.39, 0.29) is 18.7 Å². The van der Waals surface area contributed by atoms with E-state index >= 15 is 0 Å². The lowest BCUT2D eigenvalue weighted by Gasteiger charge is -2.24. The van der Waals surface area contributed by atoms with E-state index in [1.165, 1.54) is 21.3 Å². The highest BCUT2D eigenvalue weighted by Crippen LogP contribution is 2.20. The van der Waals surface area contributed by atoms with Gasteiger partial charge in [-0.05, 0) is 0 Å². The van der Waals surface area contributed by atoms with E-state index in [4.69, 9.17) is 4.74 Å². The molecular weight excluding hydrogens is 216 g/mol. The zero-order chi connectivity index (χ0) is 12.2. The molecule has 0 saturated carbocycles. The number of carbonyl (C=O) groups is 2. The highest BCUT2D eigenvalue weighted by molar-refractivity contribution is 6.37. The van der Waals surface area contributed by atoms with E-state index in [2.05, 4.69) is 20.0 Å². The van der Waals surface area contributed by atoms with Crippen molar-refractivity contribution in [3.63, 3.8) is 0 Å². The van der Waals surface area contributed by atoms with Gasteiger partial charge in [0.15, 0.2) is 5.54 Å². The van der Waals surface area contributed by atoms with Crippen molar-refractivity contribution in [1.82, 2.24) is 5.43 Å². The summed E-state index contributed by atoms with van der Waals surface area (Å²) in [5, 5.41) is 3.76. The van der Waals surface area contributed by atoms with Gasteiger partial charge in [0.2, 0.25) is 0 Å². The maximum absolute atomic E-state index is 11.6. The molecule has 1 atom stereocenters. The van der Waals surface area contributed by atoms with Crippen molar-refractivity contribution in [3.05, 3.63) is 0 Å². The third-order valence-corrected chi connectivity index (χ3v) is 2.26. The van der Waals surface area contributed by atoms with E-state index < -0.39 is 17.5 Å². The van der Waals surface area contributed by atoms with Crippen molar-refractivity contribution in [3.8, 4) is 0 Å². The van der Waals surface area contributed by atoms with Crippen molar-refractivity contribution >= 4 is 17.7 Å². The van der Waals surface area contributed by atoms with Gasteiger partial charge in [-0.3, -0.25) is 5.43 Å². The molecule has 0 saturated heterocycles. The highest BCUT2D eigenvalue weighted by atomic mass is 16.5. The lowest BCUT2D eigenvalue weighted by atomic mass is 9.95. The lowest BCUT2D eigenvalue weighted by molar-refractivity contribution is -0.150. The second-order valence-corrected chi connectivity index (χ2v) is 3.35. The Kier molecular flexibility index (Phi) is 3.83. The highest BCUT2D eigenvalue weighted by Gasteiger charge is 2.46. The number of rotatable bonds is 4. The molecular formula is C9H14N2O5. The van der Waals surface area contributed by atoms with Gasteiger partial charge in [0.05, 0.1) is 20.8 Å². The third-order valence-electron chi connectivity index (χ3n) is 2.26. The molecule has 0 aromatic rings. The zero-order valence-electron chi connectivity index (χ0n) is 9.40. The predicted octanol–water partition coefficient (Wildman–Crippen LogP) is -0.933. The Balaban J connectivity index is 2.80.